The zero-order valence-corrected chi connectivity index (χ0v) is 9.56. The number of carboxylic acid groups (broad SMARTS) is 1. The summed E-state index contributed by atoms with van der Waals surface area (Å²) in [6.07, 6.45) is 4.40. The molecule has 0 aromatic carbocycles. The summed E-state index contributed by atoms with van der Waals surface area (Å²) in [6, 6.07) is -0.626. The average molecular weight is 244 g/mol. The van der Waals surface area contributed by atoms with Gasteiger partial charge in [0.15, 0.2) is 0 Å². The molecule has 96 valence electrons. The number of amides is 3. The van der Waals surface area contributed by atoms with Gasteiger partial charge >= 0.3 is 12.0 Å². The Morgan fingerprint density at radius 3 is 2.59 bits per heavy atom. The molecule has 0 spiro atoms. The van der Waals surface area contributed by atoms with Crippen LogP contribution in [0.1, 0.15) is 13.3 Å². The van der Waals surface area contributed by atoms with Crippen molar-refractivity contribution < 1.29 is 24.2 Å². The summed E-state index contributed by atoms with van der Waals surface area (Å²) in [7, 11) is 0. The summed E-state index contributed by atoms with van der Waals surface area (Å²) in [5.41, 5.74) is 0. The second kappa shape index (κ2) is 9.34. The highest BCUT2D eigenvalue weighted by Gasteiger charge is 2.07. The molecule has 7 nitrogen and oxygen atoms in total. The molecule has 17 heavy (non-hydrogen) atoms. The van der Waals surface area contributed by atoms with Crippen molar-refractivity contribution in [1.29, 1.82) is 0 Å². The molecule has 0 atom stereocenters. The minimum Gasteiger partial charge on any atom is -0.480 e. The Hall–Kier alpha value is -1.89. The number of ether oxygens (including phenoxy) is 1. The van der Waals surface area contributed by atoms with Gasteiger partial charge in [-0.15, -0.1) is 0 Å². The van der Waals surface area contributed by atoms with Crippen LogP contribution in [0, 0.1) is 0 Å². The number of carbonyl (C=O) groups is 3. The van der Waals surface area contributed by atoms with Crippen LogP contribution in [-0.2, 0) is 14.3 Å². The first-order chi connectivity index (χ1) is 8.06. The summed E-state index contributed by atoms with van der Waals surface area (Å²) >= 11 is 0. The molecule has 0 aromatic rings. The zero-order chi connectivity index (χ0) is 13.1. The first-order valence-electron chi connectivity index (χ1n) is 5.04. The Labute approximate surface area is 98.8 Å². The Balaban J connectivity index is 3.58. The van der Waals surface area contributed by atoms with Gasteiger partial charge in [-0.25, -0.2) is 9.59 Å². The van der Waals surface area contributed by atoms with Crippen molar-refractivity contribution in [2.24, 2.45) is 0 Å². The maximum absolute atomic E-state index is 11.1. The van der Waals surface area contributed by atoms with Crippen LogP contribution in [0.4, 0.5) is 4.79 Å². The molecule has 0 saturated carbocycles. The summed E-state index contributed by atoms with van der Waals surface area (Å²) in [5, 5.41) is 12.7. The van der Waals surface area contributed by atoms with Gasteiger partial charge in [-0.1, -0.05) is 12.2 Å². The fourth-order valence-electron chi connectivity index (χ4n) is 0.874. The van der Waals surface area contributed by atoms with E-state index in [1.165, 1.54) is 0 Å². The van der Waals surface area contributed by atoms with Gasteiger partial charge in [-0.3, -0.25) is 10.1 Å². The number of imide groups is 1. The third-order valence-electron chi connectivity index (χ3n) is 1.54. The molecule has 0 bridgehead atoms. The van der Waals surface area contributed by atoms with E-state index in [-0.39, 0.29) is 0 Å². The Morgan fingerprint density at radius 1 is 1.29 bits per heavy atom. The molecule has 0 radical (unpaired) electrons. The van der Waals surface area contributed by atoms with E-state index in [4.69, 9.17) is 5.11 Å². The summed E-state index contributed by atoms with van der Waals surface area (Å²) in [5.74, 6) is -1.86. The van der Waals surface area contributed by atoms with Crippen molar-refractivity contribution in [2.75, 3.05) is 19.8 Å². The van der Waals surface area contributed by atoms with Gasteiger partial charge in [0.25, 0.3) is 5.91 Å². The maximum Gasteiger partial charge on any atom is 0.329 e. The number of hydrogen-bond acceptors (Lipinski definition) is 4. The van der Waals surface area contributed by atoms with E-state index >= 15 is 0 Å². The predicted octanol–water partition coefficient (Wildman–Crippen LogP) is -0.120. The van der Waals surface area contributed by atoms with E-state index in [2.05, 4.69) is 10.1 Å². The largest absolute Gasteiger partial charge is 0.480 e. The first kappa shape index (κ1) is 15.1. The summed E-state index contributed by atoms with van der Waals surface area (Å²) < 4.78 is 4.50. The molecule has 0 rings (SSSR count). The van der Waals surface area contributed by atoms with Crippen LogP contribution in [0.25, 0.3) is 0 Å². The topological polar surface area (TPSA) is 105 Å². The number of rotatable bonds is 7. The molecule has 0 fully saturated rings. The van der Waals surface area contributed by atoms with Crippen LogP contribution in [-0.4, -0.2) is 42.8 Å². The van der Waals surface area contributed by atoms with Gasteiger partial charge < -0.3 is 15.2 Å². The van der Waals surface area contributed by atoms with Crippen LogP contribution in [0.3, 0.4) is 0 Å². The third kappa shape index (κ3) is 10.4. The molecule has 0 aliphatic rings. The molecule has 0 saturated heterocycles. The number of urea groups is 1. The van der Waals surface area contributed by atoms with E-state index in [1.54, 1.807) is 0 Å². The lowest BCUT2D eigenvalue weighted by Crippen LogP contribution is -2.41. The van der Waals surface area contributed by atoms with Crippen LogP contribution in [0.15, 0.2) is 12.2 Å². The lowest BCUT2D eigenvalue weighted by atomic mass is 10.4. The second-order valence-corrected chi connectivity index (χ2v) is 3.05. The SMILES string of the molecule is C/C=C/CCNC(=O)NC(=O)COCC(=O)O. The minimum atomic E-state index is -1.17. The highest BCUT2D eigenvalue weighted by atomic mass is 16.5. The predicted molar refractivity (Wildman–Crippen MR) is 59.4 cm³/mol. The van der Waals surface area contributed by atoms with Gasteiger partial charge in [0.05, 0.1) is 0 Å². The average Bonchev–Trinajstić information content (AvgIpc) is 2.23. The standard InChI is InChI=1S/C10H16N2O5/c1-2-3-4-5-11-10(16)12-8(13)6-17-7-9(14)15/h2-3H,4-7H2,1H3,(H,14,15)(H2,11,12,13,16)/b3-2+. The molecule has 0 aromatic heterocycles. The van der Waals surface area contributed by atoms with Crippen molar-refractivity contribution in [3.8, 4) is 0 Å². The lowest BCUT2D eigenvalue weighted by Gasteiger charge is -2.05. The van der Waals surface area contributed by atoms with Crippen molar-refractivity contribution in [2.45, 2.75) is 13.3 Å². The number of carbonyl (C=O) groups excluding carboxylic acids is 2. The Kier molecular flexibility index (Phi) is 8.31. The third-order valence-corrected chi connectivity index (χ3v) is 1.54. The summed E-state index contributed by atoms with van der Waals surface area (Å²) in [6.45, 7) is 1.24. The van der Waals surface area contributed by atoms with E-state index < -0.39 is 31.1 Å². The Bertz CT molecular complexity index is 301. The maximum atomic E-state index is 11.1. The number of aliphatic carboxylic acids is 1. The van der Waals surface area contributed by atoms with Crippen molar-refractivity contribution >= 4 is 17.9 Å². The zero-order valence-electron chi connectivity index (χ0n) is 9.56. The highest BCUT2D eigenvalue weighted by Crippen LogP contribution is 1.80. The van der Waals surface area contributed by atoms with Crippen molar-refractivity contribution in [3.63, 3.8) is 0 Å². The van der Waals surface area contributed by atoms with Gasteiger partial charge in [0, 0.05) is 6.54 Å². The molecule has 7 heteroatoms. The van der Waals surface area contributed by atoms with Gasteiger partial charge in [0.1, 0.15) is 13.2 Å². The van der Waals surface area contributed by atoms with Gasteiger partial charge in [-0.05, 0) is 13.3 Å². The smallest absolute Gasteiger partial charge is 0.329 e. The van der Waals surface area contributed by atoms with Crippen molar-refractivity contribution in [3.05, 3.63) is 12.2 Å². The number of allylic oxidation sites excluding steroid dienone is 1. The van der Waals surface area contributed by atoms with Crippen LogP contribution in [0.2, 0.25) is 0 Å². The van der Waals surface area contributed by atoms with E-state index in [9.17, 15) is 14.4 Å². The molecule has 0 aliphatic carbocycles. The number of nitrogens with one attached hydrogen (secondary N) is 2. The highest BCUT2D eigenvalue weighted by molar-refractivity contribution is 5.94. The Morgan fingerprint density at radius 2 is 2.00 bits per heavy atom. The number of hydrogen-bond donors (Lipinski definition) is 3. The fraction of sp³-hybridized carbons (Fsp3) is 0.500. The van der Waals surface area contributed by atoms with E-state index in [1.807, 2.05) is 24.4 Å². The quantitative estimate of drug-likeness (QED) is 0.427. The molecule has 0 aliphatic heterocycles. The molecular weight excluding hydrogens is 228 g/mol. The van der Waals surface area contributed by atoms with Crippen molar-refractivity contribution in [1.82, 2.24) is 10.6 Å². The molecular formula is C10H16N2O5. The van der Waals surface area contributed by atoms with Gasteiger partial charge in [-0.2, -0.15) is 0 Å². The molecule has 0 unspecified atom stereocenters. The van der Waals surface area contributed by atoms with Crippen LogP contribution in [0.5, 0.6) is 0 Å². The fourth-order valence-corrected chi connectivity index (χ4v) is 0.874. The first-order valence-corrected chi connectivity index (χ1v) is 5.04. The normalized spacial score (nSPS) is 10.2. The van der Waals surface area contributed by atoms with E-state index in [0.29, 0.717) is 13.0 Å². The molecule has 0 heterocycles. The minimum absolute atomic E-state index is 0.416. The van der Waals surface area contributed by atoms with Gasteiger partial charge in [0.2, 0.25) is 0 Å². The second-order valence-electron chi connectivity index (χ2n) is 3.05. The number of carboxylic acids is 1. The lowest BCUT2D eigenvalue weighted by molar-refractivity contribution is -0.143. The molecule has 3 amide bonds. The van der Waals surface area contributed by atoms with Crippen LogP contribution >= 0.6 is 0 Å². The van der Waals surface area contributed by atoms with E-state index in [0.717, 1.165) is 0 Å². The summed E-state index contributed by atoms with van der Waals surface area (Å²) in [4.78, 5) is 32.2. The molecule has 3 N–H and O–H groups in total. The monoisotopic (exact) mass is 244 g/mol. The van der Waals surface area contributed by atoms with Crippen LogP contribution < -0.4 is 10.6 Å².